The van der Waals surface area contributed by atoms with Crippen molar-refractivity contribution in [3.05, 3.63) is 57.0 Å². The van der Waals surface area contributed by atoms with Gasteiger partial charge in [-0.25, -0.2) is 4.98 Å². The summed E-state index contributed by atoms with van der Waals surface area (Å²) in [6, 6.07) is 10.6. The van der Waals surface area contributed by atoms with Crippen molar-refractivity contribution in [1.29, 1.82) is 0 Å². The summed E-state index contributed by atoms with van der Waals surface area (Å²) in [6.07, 6.45) is 0. The van der Waals surface area contributed by atoms with Gasteiger partial charge in [0.25, 0.3) is 0 Å². The van der Waals surface area contributed by atoms with Gasteiger partial charge >= 0.3 is 0 Å². The third kappa shape index (κ3) is 4.36. The van der Waals surface area contributed by atoms with Gasteiger partial charge in [0.1, 0.15) is 0 Å². The highest BCUT2D eigenvalue weighted by molar-refractivity contribution is 7.99. The van der Waals surface area contributed by atoms with Crippen LogP contribution in [0.3, 0.4) is 0 Å². The van der Waals surface area contributed by atoms with E-state index in [1.54, 1.807) is 30.3 Å². The molecule has 0 aliphatic carbocycles. The van der Waals surface area contributed by atoms with Gasteiger partial charge in [0.05, 0.1) is 16.8 Å². The van der Waals surface area contributed by atoms with Crippen molar-refractivity contribution < 1.29 is 4.79 Å². The van der Waals surface area contributed by atoms with Gasteiger partial charge in [0.2, 0.25) is 5.91 Å². The van der Waals surface area contributed by atoms with Crippen LogP contribution in [-0.4, -0.2) is 21.6 Å². The molecule has 8 heteroatoms. The van der Waals surface area contributed by atoms with Gasteiger partial charge in [-0.1, -0.05) is 52.6 Å². The first kappa shape index (κ1) is 17.4. The van der Waals surface area contributed by atoms with Gasteiger partial charge in [-0.2, -0.15) is 0 Å². The Hall–Kier alpha value is -1.40. The summed E-state index contributed by atoms with van der Waals surface area (Å²) in [4.78, 5) is 19.5. The summed E-state index contributed by atoms with van der Waals surface area (Å²) in [5, 5.41) is 5.23. The molecule has 0 spiro atoms. The highest BCUT2D eigenvalue weighted by atomic mass is 35.5. The number of amides is 1. The topological polar surface area (TPSA) is 57.8 Å². The number of hydrogen-bond acceptors (Lipinski definition) is 3. The molecule has 0 radical (unpaired) electrons. The maximum Gasteiger partial charge on any atom is 0.230 e. The molecule has 1 amide bonds. The van der Waals surface area contributed by atoms with E-state index < -0.39 is 0 Å². The number of nitrogens with one attached hydrogen (secondary N) is 2. The largest absolute Gasteiger partial charge is 0.351 e. The zero-order chi connectivity index (χ0) is 17.1. The Bertz CT molecular complexity index is 897. The standard InChI is InChI=1S/C16H12Cl3N3OS/c17-10-2-1-9(12(19)5-10)7-20-15(23)8-24-16-21-13-4-3-11(18)6-14(13)22-16/h1-6H,7-8H2,(H,20,23)(H,21,22). The second kappa shape index (κ2) is 7.66. The molecule has 4 nitrogen and oxygen atoms in total. The van der Waals surface area contributed by atoms with Crippen molar-refractivity contribution in [3.63, 3.8) is 0 Å². The molecule has 1 aromatic heterocycles. The number of halogens is 3. The fourth-order valence-corrected chi connectivity index (χ4v) is 3.43. The van der Waals surface area contributed by atoms with Gasteiger partial charge in [0.15, 0.2) is 5.16 Å². The lowest BCUT2D eigenvalue weighted by Gasteiger charge is -2.06. The number of thioether (sulfide) groups is 1. The van der Waals surface area contributed by atoms with Crippen LogP contribution < -0.4 is 5.32 Å². The molecule has 0 atom stereocenters. The molecular weight excluding hydrogens is 389 g/mol. The number of rotatable bonds is 5. The first-order valence-electron chi connectivity index (χ1n) is 7.00. The van der Waals surface area contributed by atoms with Crippen molar-refractivity contribution in [2.45, 2.75) is 11.7 Å². The molecule has 0 bridgehead atoms. The molecular formula is C16H12Cl3N3OS. The van der Waals surface area contributed by atoms with E-state index in [0.717, 1.165) is 16.6 Å². The SMILES string of the molecule is O=C(CSc1nc2ccc(Cl)cc2[nH]1)NCc1ccc(Cl)cc1Cl. The Morgan fingerprint density at radius 3 is 2.67 bits per heavy atom. The zero-order valence-corrected chi connectivity index (χ0v) is 15.4. The smallest absolute Gasteiger partial charge is 0.230 e. The number of hydrogen-bond donors (Lipinski definition) is 2. The van der Waals surface area contributed by atoms with Crippen LogP contribution in [0.1, 0.15) is 5.56 Å². The summed E-state index contributed by atoms with van der Waals surface area (Å²) in [5.74, 6) is 0.142. The maximum atomic E-state index is 12.0. The van der Waals surface area contributed by atoms with Gasteiger partial charge < -0.3 is 10.3 Å². The van der Waals surface area contributed by atoms with E-state index in [-0.39, 0.29) is 11.7 Å². The fourth-order valence-electron chi connectivity index (χ4n) is 2.07. The first-order chi connectivity index (χ1) is 11.5. The number of carbonyl (C=O) groups is 1. The van der Waals surface area contributed by atoms with E-state index in [1.807, 2.05) is 6.07 Å². The number of nitrogens with zero attached hydrogens (tertiary/aromatic N) is 1. The molecule has 3 rings (SSSR count). The van der Waals surface area contributed by atoms with Gasteiger partial charge in [0, 0.05) is 21.6 Å². The molecule has 3 aromatic rings. The van der Waals surface area contributed by atoms with Crippen molar-refractivity contribution in [2.75, 3.05) is 5.75 Å². The maximum absolute atomic E-state index is 12.0. The second-order valence-corrected chi connectivity index (χ2v) is 7.25. The van der Waals surface area contributed by atoms with Crippen LogP contribution in [0.25, 0.3) is 11.0 Å². The summed E-state index contributed by atoms with van der Waals surface area (Å²) in [5.41, 5.74) is 2.48. The number of aromatic nitrogens is 2. The number of benzene rings is 2. The van der Waals surface area contributed by atoms with Crippen LogP contribution in [0.2, 0.25) is 15.1 Å². The average Bonchev–Trinajstić information content (AvgIpc) is 2.94. The minimum absolute atomic E-state index is 0.107. The normalized spacial score (nSPS) is 11.0. The minimum atomic E-state index is -0.107. The Labute approximate surface area is 157 Å². The van der Waals surface area contributed by atoms with E-state index in [4.69, 9.17) is 34.8 Å². The van der Waals surface area contributed by atoms with E-state index >= 15 is 0 Å². The third-order valence-corrected chi connectivity index (χ3v) is 4.95. The van der Waals surface area contributed by atoms with Crippen LogP contribution in [-0.2, 0) is 11.3 Å². The van der Waals surface area contributed by atoms with Crippen LogP contribution in [0.5, 0.6) is 0 Å². The quantitative estimate of drug-likeness (QED) is 0.597. The highest BCUT2D eigenvalue weighted by Crippen LogP contribution is 2.23. The van der Waals surface area contributed by atoms with E-state index in [1.165, 1.54) is 11.8 Å². The molecule has 0 unspecified atom stereocenters. The minimum Gasteiger partial charge on any atom is -0.351 e. The first-order valence-corrected chi connectivity index (χ1v) is 9.12. The van der Waals surface area contributed by atoms with Crippen LogP contribution >= 0.6 is 46.6 Å². The molecule has 2 aromatic carbocycles. The lowest BCUT2D eigenvalue weighted by Crippen LogP contribution is -2.24. The number of fused-ring (bicyclic) bond motifs is 1. The van der Waals surface area contributed by atoms with Gasteiger partial charge in [-0.15, -0.1) is 0 Å². The predicted octanol–water partition coefficient (Wildman–Crippen LogP) is 4.93. The van der Waals surface area contributed by atoms with E-state index in [0.29, 0.717) is 26.8 Å². The third-order valence-electron chi connectivity index (χ3n) is 3.25. The summed E-state index contributed by atoms with van der Waals surface area (Å²) < 4.78 is 0. The average molecular weight is 401 g/mol. The second-order valence-electron chi connectivity index (χ2n) is 5.00. The molecule has 0 fully saturated rings. The highest BCUT2D eigenvalue weighted by Gasteiger charge is 2.08. The number of H-pyrrole nitrogens is 1. The van der Waals surface area contributed by atoms with E-state index in [2.05, 4.69) is 15.3 Å². The van der Waals surface area contributed by atoms with Gasteiger partial charge in [-0.05, 0) is 35.9 Å². The Kier molecular flexibility index (Phi) is 5.56. The number of imidazole rings is 1. The van der Waals surface area contributed by atoms with E-state index in [9.17, 15) is 4.79 Å². The molecule has 0 aliphatic heterocycles. The van der Waals surface area contributed by atoms with Crippen LogP contribution in [0.15, 0.2) is 41.6 Å². The molecule has 0 saturated heterocycles. The molecule has 24 heavy (non-hydrogen) atoms. The van der Waals surface area contributed by atoms with Crippen molar-refractivity contribution in [1.82, 2.24) is 15.3 Å². The Morgan fingerprint density at radius 2 is 1.88 bits per heavy atom. The summed E-state index contributed by atoms with van der Waals surface area (Å²) in [6.45, 7) is 0.352. The Morgan fingerprint density at radius 1 is 1.12 bits per heavy atom. The summed E-state index contributed by atoms with van der Waals surface area (Å²) >= 11 is 19.2. The van der Waals surface area contributed by atoms with Crippen molar-refractivity contribution in [3.8, 4) is 0 Å². The number of aromatic amines is 1. The van der Waals surface area contributed by atoms with Crippen LogP contribution in [0.4, 0.5) is 0 Å². The molecule has 0 saturated carbocycles. The molecule has 124 valence electrons. The van der Waals surface area contributed by atoms with Crippen molar-refractivity contribution in [2.24, 2.45) is 0 Å². The van der Waals surface area contributed by atoms with Crippen LogP contribution in [0, 0.1) is 0 Å². The Balaban J connectivity index is 1.54. The monoisotopic (exact) mass is 399 g/mol. The molecule has 1 heterocycles. The predicted molar refractivity (Wildman–Crippen MR) is 100 cm³/mol. The zero-order valence-electron chi connectivity index (χ0n) is 12.3. The van der Waals surface area contributed by atoms with Crippen molar-refractivity contribution >= 4 is 63.5 Å². The molecule has 2 N–H and O–H groups in total. The summed E-state index contributed by atoms with van der Waals surface area (Å²) in [7, 11) is 0. The lowest BCUT2D eigenvalue weighted by molar-refractivity contribution is -0.118. The lowest BCUT2D eigenvalue weighted by atomic mass is 10.2. The number of carbonyl (C=O) groups excluding carboxylic acids is 1. The van der Waals surface area contributed by atoms with Gasteiger partial charge in [-0.3, -0.25) is 4.79 Å². The fraction of sp³-hybridized carbons (Fsp3) is 0.125. The molecule has 0 aliphatic rings.